The Morgan fingerprint density at radius 3 is 2.17 bits per heavy atom. The molecule has 1 fully saturated rings. The molecular weight excluding hydrogens is 292 g/mol. The largest absolute Gasteiger partial charge is 0.444 e. The molecule has 0 aromatic carbocycles. The highest BCUT2D eigenvalue weighted by atomic mass is 16.6. The fourth-order valence-electron chi connectivity index (χ4n) is 2.49. The van der Waals surface area contributed by atoms with E-state index in [0.29, 0.717) is 6.54 Å². The van der Waals surface area contributed by atoms with Gasteiger partial charge in [-0.15, -0.1) is 0 Å². The number of hydrogen-bond acceptors (Lipinski definition) is 3. The van der Waals surface area contributed by atoms with Gasteiger partial charge in [0.1, 0.15) is 5.60 Å². The van der Waals surface area contributed by atoms with E-state index in [1.54, 1.807) is 0 Å². The van der Waals surface area contributed by atoms with E-state index in [4.69, 9.17) is 4.74 Å². The summed E-state index contributed by atoms with van der Waals surface area (Å²) in [6.45, 7) is 16.9. The number of alkyl carbamates (subject to hydrolysis) is 1. The number of rotatable bonds is 4. The number of aliphatic imine (C=N–C) groups is 1. The summed E-state index contributed by atoms with van der Waals surface area (Å²) in [5.41, 5.74) is -0.0905. The number of carbonyl (C=O) groups is 1. The van der Waals surface area contributed by atoms with Crippen LogP contribution in [0.1, 0.15) is 54.9 Å². The van der Waals surface area contributed by atoms with Gasteiger partial charge >= 0.3 is 6.09 Å². The maximum absolute atomic E-state index is 11.5. The standard InChI is InChI=1S/C17H34N4O2/c1-15(2,3)23-14(22)20-11-9-10-19-13(18-8)21-12-16(4,5)17(21,6)7/h9-12H2,1-8H3,(H,18,19)(H,20,22). The molecule has 0 aromatic heterocycles. The van der Waals surface area contributed by atoms with Crippen LogP contribution in [-0.4, -0.2) is 54.8 Å². The third-order valence-corrected chi connectivity index (χ3v) is 4.66. The topological polar surface area (TPSA) is 66.0 Å². The molecule has 1 saturated heterocycles. The summed E-state index contributed by atoms with van der Waals surface area (Å²) >= 11 is 0. The number of nitrogens with one attached hydrogen (secondary N) is 2. The summed E-state index contributed by atoms with van der Waals surface area (Å²) in [5.74, 6) is 0.923. The van der Waals surface area contributed by atoms with E-state index in [0.717, 1.165) is 25.5 Å². The van der Waals surface area contributed by atoms with Crippen LogP contribution >= 0.6 is 0 Å². The summed E-state index contributed by atoms with van der Waals surface area (Å²) in [4.78, 5) is 18.2. The van der Waals surface area contributed by atoms with Gasteiger partial charge in [-0.1, -0.05) is 13.8 Å². The van der Waals surface area contributed by atoms with Gasteiger partial charge in [0.25, 0.3) is 0 Å². The summed E-state index contributed by atoms with van der Waals surface area (Å²) < 4.78 is 5.20. The van der Waals surface area contributed by atoms with Crippen molar-refractivity contribution < 1.29 is 9.53 Å². The average Bonchev–Trinajstić information content (AvgIpc) is 2.39. The lowest BCUT2D eigenvalue weighted by molar-refractivity contribution is -0.0667. The molecule has 0 unspecified atom stereocenters. The van der Waals surface area contributed by atoms with E-state index in [1.807, 2.05) is 27.8 Å². The first kappa shape index (κ1) is 19.6. The van der Waals surface area contributed by atoms with Gasteiger partial charge < -0.3 is 20.3 Å². The van der Waals surface area contributed by atoms with E-state index >= 15 is 0 Å². The molecule has 0 spiro atoms. The van der Waals surface area contributed by atoms with Gasteiger partial charge in [-0.3, -0.25) is 4.99 Å². The number of ether oxygens (including phenoxy) is 1. The number of likely N-dealkylation sites (tertiary alicyclic amines) is 1. The van der Waals surface area contributed by atoms with Crippen LogP contribution in [0, 0.1) is 5.41 Å². The van der Waals surface area contributed by atoms with Crippen LogP contribution in [0.3, 0.4) is 0 Å². The van der Waals surface area contributed by atoms with E-state index < -0.39 is 5.60 Å². The first-order chi connectivity index (χ1) is 10.4. The van der Waals surface area contributed by atoms with Crippen molar-refractivity contribution in [3.63, 3.8) is 0 Å². The summed E-state index contributed by atoms with van der Waals surface area (Å²) in [7, 11) is 1.81. The first-order valence-electron chi connectivity index (χ1n) is 8.36. The molecule has 0 aromatic rings. The highest BCUT2D eigenvalue weighted by Crippen LogP contribution is 2.46. The molecule has 0 radical (unpaired) electrons. The average molecular weight is 326 g/mol. The quantitative estimate of drug-likeness (QED) is 0.473. The van der Waals surface area contributed by atoms with Gasteiger partial charge in [0.05, 0.1) is 0 Å². The SMILES string of the molecule is CN=C(NCCCNC(=O)OC(C)(C)C)N1CC(C)(C)C1(C)C. The van der Waals surface area contributed by atoms with E-state index in [1.165, 1.54) is 0 Å². The Morgan fingerprint density at radius 2 is 1.74 bits per heavy atom. The Kier molecular flexibility index (Phi) is 5.94. The molecule has 1 amide bonds. The number of hydrogen-bond donors (Lipinski definition) is 2. The lowest BCUT2D eigenvalue weighted by atomic mass is 9.65. The normalized spacial score (nSPS) is 19.8. The van der Waals surface area contributed by atoms with Crippen molar-refractivity contribution in [2.45, 2.75) is 66.0 Å². The molecule has 1 aliphatic rings. The van der Waals surface area contributed by atoms with Crippen molar-refractivity contribution in [3.8, 4) is 0 Å². The Morgan fingerprint density at radius 1 is 1.17 bits per heavy atom. The molecule has 0 saturated carbocycles. The summed E-state index contributed by atoms with van der Waals surface area (Å²) in [6.07, 6.45) is 0.447. The Bertz CT molecular complexity index is 450. The minimum absolute atomic E-state index is 0.0869. The van der Waals surface area contributed by atoms with Crippen molar-refractivity contribution >= 4 is 12.1 Å². The molecule has 1 aliphatic heterocycles. The second kappa shape index (κ2) is 6.97. The van der Waals surface area contributed by atoms with Crippen molar-refractivity contribution in [1.29, 1.82) is 0 Å². The van der Waals surface area contributed by atoms with Crippen LogP contribution in [0.5, 0.6) is 0 Å². The van der Waals surface area contributed by atoms with Gasteiger partial charge in [0, 0.05) is 37.6 Å². The third kappa shape index (κ3) is 5.01. The molecule has 6 heteroatoms. The van der Waals surface area contributed by atoms with E-state index in [9.17, 15) is 4.79 Å². The number of guanidine groups is 1. The highest BCUT2D eigenvalue weighted by Gasteiger charge is 2.53. The van der Waals surface area contributed by atoms with E-state index in [2.05, 4.69) is 48.2 Å². The van der Waals surface area contributed by atoms with Crippen molar-refractivity contribution in [3.05, 3.63) is 0 Å². The Hall–Kier alpha value is -1.46. The van der Waals surface area contributed by atoms with Gasteiger partial charge in [0.15, 0.2) is 5.96 Å². The fourth-order valence-corrected chi connectivity index (χ4v) is 2.49. The maximum Gasteiger partial charge on any atom is 0.407 e. The molecule has 134 valence electrons. The fraction of sp³-hybridized carbons (Fsp3) is 0.882. The molecule has 6 nitrogen and oxygen atoms in total. The zero-order valence-corrected chi connectivity index (χ0v) is 16.0. The third-order valence-electron chi connectivity index (χ3n) is 4.66. The van der Waals surface area contributed by atoms with Gasteiger partial charge in [-0.05, 0) is 41.0 Å². The Labute approximate surface area is 141 Å². The number of carbonyl (C=O) groups excluding carboxylic acids is 1. The van der Waals surface area contributed by atoms with Crippen LogP contribution in [0.25, 0.3) is 0 Å². The predicted octanol–water partition coefficient (Wildman–Crippen LogP) is 2.60. The number of nitrogens with zero attached hydrogens (tertiary/aromatic N) is 2. The van der Waals surface area contributed by atoms with Crippen molar-refractivity contribution in [2.24, 2.45) is 10.4 Å². The lowest BCUT2D eigenvalue weighted by Crippen LogP contribution is -2.72. The molecular formula is C17H34N4O2. The van der Waals surface area contributed by atoms with Crippen LogP contribution in [0.2, 0.25) is 0 Å². The summed E-state index contributed by atoms with van der Waals surface area (Å²) in [6, 6.07) is 0. The Balaban J connectivity index is 2.29. The van der Waals surface area contributed by atoms with Crippen molar-refractivity contribution in [2.75, 3.05) is 26.7 Å². The minimum atomic E-state index is -0.458. The summed E-state index contributed by atoms with van der Waals surface area (Å²) in [5, 5.41) is 6.13. The second-order valence-electron chi connectivity index (χ2n) is 8.29. The van der Waals surface area contributed by atoms with Crippen LogP contribution in [0.15, 0.2) is 4.99 Å². The van der Waals surface area contributed by atoms with Gasteiger partial charge in [0.2, 0.25) is 0 Å². The lowest BCUT2D eigenvalue weighted by Gasteiger charge is -2.62. The first-order valence-corrected chi connectivity index (χ1v) is 8.36. The molecule has 23 heavy (non-hydrogen) atoms. The molecule has 0 bridgehead atoms. The minimum Gasteiger partial charge on any atom is -0.444 e. The molecule has 0 atom stereocenters. The van der Waals surface area contributed by atoms with Crippen LogP contribution < -0.4 is 10.6 Å². The molecule has 1 heterocycles. The van der Waals surface area contributed by atoms with Crippen LogP contribution in [-0.2, 0) is 4.74 Å². The smallest absolute Gasteiger partial charge is 0.407 e. The second-order valence-corrected chi connectivity index (χ2v) is 8.29. The van der Waals surface area contributed by atoms with Crippen LogP contribution in [0.4, 0.5) is 4.79 Å². The molecule has 2 N–H and O–H groups in total. The maximum atomic E-state index is 11.5. The predicted molar refractivity (Wildman–Crippen MR) is 94.8 cm³/mol. The molecule has 0 aliphatic carbocycles. The number of amides is 1. The zero-order valence-electron chi connectivity index (χ0n) is 16.0. The molecule has 1 rings (SSSR count). The van der Waals surface area contributed by atoms with E-state index in [-0.39, 0.29) is 17.0 Å². The zero-order chi connectivity index (χ0) is 17.9. The van der Waals surface area contributed by atoms with Gasteiger partial charge in [-0.25, -0.2) is 4.79 Å². The highest BCUT2D eigenvalue weighted by molar-refractivity contribution is 5.82. The van der Waals surface area contributed by atoms with Crippen molar-refractivity contribution in [1.82, 2.24) is 15.5 Å². The van der Waals surface area contributed by atoms with Gasteiger partial charge in [-0.2, -0.15) is 0 Å². The monoisotopic (exact) mass is 326 g/mol.